The van der Waals surface area contributed by atoms with E-state index in [1.165, 1.54) is 6.26 Å². The van der Waals surface area contributed by atoms with Gasteiger partial charge in [-0.1, -0.05) is 42.5 Å². The first kappa shape index (κ1) is 16.5. The number of anilines is 1. The molecule has 0 saturated carbocycles. The largest absolute Gasteiger partial charge is 0.385 e. The van der Waals surface area contributed by atoms with Crippen LogP contribution in [0.5, 0.6) is 0 Å². The van der Waals surface area contributed by atoms with E-state index in [0.717, 1.165) is 5.56 Å². The summed E-state index contributed by atoms with van der Waals surface area (Å²) in [7, 11) is -3.28. The normalized spacial score (nSPS) is 14.3. The molecule has 1 atom stereocenters. The quantitative estimate of drug-likeness (QED) is 0.859. The third-order valence-corrected chi connectivity index (χ3v) is 4.76. The molecule has 4 nitrogen and oxygen atoms in total. The molecule has 0 aliphatic carbocycles. The Kier molecular flexibility index (Phi) is 4.88. The maximum atomic E-state index is 11.7. The molecule has 2 aromatic rings. The molecule has 0 aliphatic heterocycles. The van der Waals surface area contributed by atoms with E-state index in [4.69, 9.17) is 0 Å². The fourth-order valence-corrected chi connectivity index (χ4v) is 3.18. The third-order valence-electron chi connectivity index (χ3n) is 3.61. The SMILES string of the molecule is CC(O)(CCNc1ccccc1S(C)(=O)=O)c1ccccc1. The van der Waals surface area contributed by atoms with E-state index in [0.29, 0.717) is 18.7 Å². The summed E-state index contributed by atoms with van der Waals surface area (Å²) in [5.74, 6) is 0. The molecule has 0 heterocycles. The Balaban J connectivity index is 2.06. The van der Waals surface area contributed by atoms with Crippen molar-refractivity contribution < 1.29 is 13.5 Å². The minimum absolute atomic E-state index is 0.273. The lowest BCUT2D eigenvalue weighted by atomic mass is 9.92. The van der Waals surface area contributed by atoms with E-state index in [9.17, 15) is 13.5 Å². The van der Waals surface area contributed by atoms with Crippen molar-refractivity contribution in [3.05, 3.63) is 60.2 Å². The molecule has 5 heteroatoms. The van der Waals surface area contributed by atoms with Crippen molar-refractivity contribution >= 4 is 15.5 Å². The van der Waals surface area contributed by atoms with E-state index in [2.05, 4.69) is 5.32 Å². The van der Waals surface area contributed by atoms with E-state index in [1.807, 2.05) is 30.3 Å². The second-order valence-electron chi connectivity index (χ2n) is 5.58. The van der Waals surface area contributed by atoms with Gasteiger partial charge in [-0.05, 0) is 31.0 Å². The first-order valence-corrected chi connectivity index (χ1v) is 9.01. The molecule has 118 valence electrons. The monoisotopic (exact) mass is 319 g/mol. The number of benzene rings is 2. The molecule has 22 heavy (non-hydrogen) atoms. The zero-order chi connectivity index (χ0) is 16.2. The van der Waals surface area contributed by atoms with Gasteiger partial charge in [-0.3, -0.25) is 0 Å². The molecule has 0 fully saturated rings. The summed E-state index contributed by atoms with van der Waals surface area (Å²) in [5.41, 5.74) is 0.441. The summed E-state index contributed by atoms with van der Waals surface area (Å²) in [6.07, 6.45) is 1.66. The van der Waals surface area contributed by atoms with Crippen molar-refractivity contribution in [2.75, 3.05) is 18.1 Å². The zero-order valence-electron chi connectivity index (χ0n) is 12.8. The lowest BCUT2D eigenvalue weighted by Crippen LogP contribution is -2.24. The van der Waals surface area contributed by atoms with Gasteiger partial charge >= 0.3 is 0 Å². The lowest BCUT2D eigenvalue weighted by Gasteiger charge is -2.24. The Bertz CT molecular complexity index is 725. The number of aliphatic hydroxyl groups is 1. The Morgan fingerprint density at radius 2 is 1.64 bits per heavy atom. The summed E-state index contributed by atoms with van der Waals surface area (Å²) < 4.78 is 23.5. The number of rotatable bonds is 6. The minimum atomic E-state index is -3.28. The smallest absolute Gasteiger partial charge is 0.177 e. The van der Waals surface area contributed by atoms with Gasteiger partial charge in [0.25, 0.3) is 0 Å². The van der Waals surface area contributed by atoms with Crippen LogP contribution in [-0.4, -0.2) is 26.3 Å². The highest BCUT2D eigenvalue weighted by atomic mass is 32.2. The van der Waals surface area contributed by atoms with Gasteiger partial charge in [0.05, 0.1) is 16.2 Å². The first-order valence-electron chi connectivity index (χ1n) is 7.11. The van der Waals surface area contributed by atoms with Crippen LogP contribution in [0.3, 0.4) is 0 Å². The third kappa shape index (κ3) is 4.08. The maximum Gasteiger partial charge on any atom is 0.177 e. The van der Waals surface area contributed by atoms with E-state index < -0.39 is 15.4 Å². The lowest BCUT2D eigenvalue weighted by molar-refractivity contribution is 0.0515. The number of nitrogens with one attached hydrogen (secondary N) is 1. The average Bonchev–Trinajstić information content (AvgIpc) is 2.47. The van der Waals surface area contributed by atoms with Crippen LogP contribution in [0.2, 0.25) is 0 Å². The van der Waals surface area contributed by atoms with Crippen LogP contribution in [0.15, 0.2) is 59.5 Å². The number of para-hydroxylation sites is 1. The summed E-state index contributed by atoms with van der Waals surface area (Å²) in [6, 6.07) is 16.2. The molecule has 0 amide bonds. The van der Waals surface area contributed by atoms with Gasteiger partial charge in [0.1, 0.15) is 0 Å². The fraction of sp³-hybridized carbons (Fsp3) is 0.294. The van der Waals surface area contributed by atoms with Crippen LogP contribution in [0.1, 0.15) is 18.9 Å². The number of hydrogen-bond acceptors (Lipinski definition) is 4. The predicted molar refractivity (Wildman–Crippen MR) is 88.7 cm³/mol. The minimum Gasteiger partial charge on any atom is -0.385 e. The van der Waals surface area contributed by atoms with E-state index in [1.54, 1.807) is 31.2 Å². The van der Waals surface area contributed by atoms with Gasteiger partial charge in [-0.25, -0.2) is 8.42 Å². The van der Waals surface area contributed by atoms with Gasteiger partial charge in [0, 0.05) is 12.8 Å². The molecule has 0 spiro atoms. The van der Waals surface area contributed by atoms with Gasteiger partial charge < -0.3 is 10.4 Å². The highest BCUT2D eigenvalue weighted by Crippen LogP contribution is 2.25. The molecule has 2 N–H and O–H groups in total. The van der Waals surface area contributed by atoms with Crippen molar-refractivity contribution in [3.8, 4) is 0 Å². The van der Waals surface area contributed by atoms with Gasteiger partial charge in [-0.2, -0.15) is 0 Å². The van der Waals surface area contributed by atoms with Crippen LogP contribution < -0.4 is 5.32 Å². The summed E-state index contributed by atoms with van der Waals surface area (Å²) in [5, 5.41) is 13.6. The standard InChI is InChI=1S/C17H21NO3S/c1-17(19,14-8-4-3-5-9-14)12-13-18-15-10-6-7-11-16(15)22(2,20)21/h3-11,18-19H,12-13H2,1-2H3. The highest BCUT2D eigenvalue weighted by Gasteiger charge is 2.22. The molecule has 0 aliphatic rings. The Labute approximate surface area is 131 Å². The molecule has 1 unspecified atom stereocenters. The summed E-state index contributed by atoms with van der Waals surface area (Å²) >= 11 is 0. The van der Waals surface area contributed by atoms with Crippen molar-refractivity contribution in [2.24, 2.45) is 0 Å². The molecular formula is C17H21NO3S. The van der Waals surface area contributed by atoms with Gasteiger partial charge in [0.15, 0.2) is 9.84 Å². The molecule has 0 radical (unpaired) electrons. The van der Waals surface area contributed by atoms with E-state index in [-0.39, 0.29) is 4.90 Å². The Morgan fingerprint density at radius 3 is 2.27 bits per heavy atom. The first-order chi connectivity index (χ1) is 10.3. The van der Waals surface area contributed by atoms with Crippen molar-refractivity contribution in [1.82, 2.24) is 0 Å². The van der Waals surface area contributed by atoms with E-state index >= 15 is 0 Å². The molecular weight excluding hydrogens is 298 g/mol. The maximum absolute atomic E-state index is 11.7. The summed E-state index contributed by atoms with van der Waals surface area (Å²) in [4.78, 5) is 0.273. The van der Waals surface area contributed by atoms with Crippen LogP contribution in [-0.2, 0) is 15.4 Å². The topological polar surface area (TPSA) is 66.4 Å². The van der Waals surface area contributed by atoms with Gasteiger partial charge in [-0.15, -0.1) is 0 Å². The van der Waals surface area contributed by atoms with Crippen molar-refractivity contribution in [1.29, 1.82) is 0 Å². The highest BCUT2D eigenvalue weighted by molar-refractivity contribution is 7.90. The Hall–Kier alpha value is -1.85. The molecule has 2 rings (SSSR count). The molecule has 0 aromatic heterocycles. The van der Waals surface area contributed by atoms with Crippen molar-refractivity contribution in [3.63, 3.8) is 0 Å². The number of hydrogen-bond donors (Lipinski definition) is 2. The predicted octanol–water partition coefficient (Wildman–Crippen LogP) is 2.80. The second-order valence-corrected chi connectivity index (χ2v) is 7.57. The molecule has 0 saturated heterocycles. The average molecular weight is 319 g/mol. The molecule has 2 aromatic carbocycles. The number of sulfone groups is 1. The van der Waals surface area contributed by atoms with Crippen LogP contribution in [0.25, 0.3) is 0 Å². The van der Waals surface area contributed by atoms with Crippen LogP contribution >= 0.6 is 0 Å². The molecule has 0 bridgehead atoms. The van der Waals surface area contributed by atoms with Crippen LogP contribution in [0.4, 0.5) is 5.69 Å². The summed E-state index contributed by atoms with van der Waals surface area (Å²) in [6.45, 7) is 2.22. The van der Waals surface area contributed by atoms with Crippen LogP contribution in [0, 0.1) is 0 Å². The fourth-order valence-electron chi connectivity index (χ4n) is 2.32. The second kappa shape index (κ2) is 6.50. The van der Waals surface area contributed by atoms with Crippen molar-refractivity contribution in [2.45, 2.75) is 23.8 Å². The zero-order valence-corrected chi connectivity index (χ0v) is 13.6. The van der Waals surface area contributed by atoms with Gasteiger partial charge in [0.2, 0.25) is 0 Å². The Morgan fingerprint density at radius 1 is 1.05 bits per heavy atom.